The van der Waals surface area contributed by atoms with Crippen LogP contribution in [0.4, 0.5) is 0 Å². The first-order valence-electron chi connectivity index (χ1n) is 5.78. The third-order valence-corrected chi connectivity index (χ3v) is 3.50. The van der Waals surface area contributed by atoms with Gasteiger partial charge in [0.2, 0.25) is 0 Å². The van der Waals surface area contributed by atoms with Crippen LogP contribution in [0.1, 0.15) is 19.3 Å². The Kier molecular flexibility index (Phi) is 3.75. The van der Waals surface area contributed by atoms with E-state index in [-0.39, 0.29) is 12.1 Å². The van der Waals surface area contributed by atoms with Crippen molar-refractivity contribution in [2.24, 2.45) is 5.84 Å². The zero-order chi connectivity index (χ0) is 10.7. The third kappa shape index (κ3) is 2.39. The molecule has 2 fully saturated rings. The minimum atomic E-state index is 0.198. The Balaban J connectivity index is 1.90. The molecule has 86 valence electrons. The first-order chi connectivity index (χ1) is 7.35. The highest BCUT2D eigenvalue weighted by Gasteiger charge is 2.34. The molecule has 3 unspecified atom stereocenters. The molecule has 3 atom stereocenters. The Labute approximate surface area is 91.4 Å². The van der Waals surface area contributed by atoms with Crippen molar-refractivity contribution < 1.29 is 4.74 Å². The zero-order valence-electron chi connectivity index (χ0n) is 9.19. The van der Waals surface area contributed by atoms with Gasteiger partial charge in [0.05, 0.1) is 18.8 Å². The highest BCUT2D eigenvalue weighted by Crippen LogP contribution is 2.24. The minimum absolute atomic E-state index is 0.198. The number of nitrogens with zero attached hydrogens (tertiary/aromatic N) is 1. The highest BCUT2D eigenvalue weighted by molar-refractivity contribution is 4.91. The molecule has 0 amide bonds. The molecule has 0 aromatic rings. The Morgan fingerprint density at radius 2 is 2.53 bits per heavy atom. The summed E-state index contributed by atoms with van der Waals surface area (Å²) in [4.78, 5) is 2.53. The average molecular weight is 211 g/mol. The number of hydrazine groups is 1. The lowest BCUT2D eigenvalue weighted by Gasteiger charge is -2.38. The maximum atomic E-state index is 5.87. The van der Waals surface area contributed by atoms with Crippen LogP contribution in [0.15, 0.2) is 12.7 Å². The molecule has 15 heavy (non-hydrogen) atoms. The number of hydrogen-bond acceptors (Lipinski definition) is 4. The molecule has 2 aliphatic rings. The topological polar surface area (TPSA) is 50.5 Å². The molecule has 0 bridgehead atoms. The average Bonchev–Trinajstić information content (AvgIpc) is 2.72. The summed E-state index contributed by atoms with van der Waals surface area (Å²) in [5.41, 5.74) is 2.83. The second kappa shape index (κ2) is 5.07. The maximum absolute atomic E-state index is 5.87. The summed E-state index contributed by atoms with van der Waals surface area (Å²) in [7, 11) is 0. The van der Waals surface area contributed by atoms with Crippen LogP contribution in [0.3, 0.4) is 0 Å². The van der Waals surface area contributed by atoms with Crippen LogP contribution in [-0.4, -0.2) is 42.8 Å². The fourth-order valence-corrected chi connectivity index (χ4v) is 2.59. The number of morpholine rings is 1. The normalized spacial score (nSPS) is 33.7. The van der Waals surface area contributed by atoms with Gasteiger partial charge < -0.3 is 4.74 Å². The van der Waals surface area contributed by atoms with Crippen LogP contribution in [0.2, 0.25) is 0 Å². The van der Waals surface area contributed by atoms with Crippen molar-refractivity contribution in [2.75, 3.05) is 19.7 Å². The molecule has 0 radical (unpaired) electrons. The summed E-state index contributed by atoms with van der Waals surface area (Å²) in [5, 5.41) is 0. The van der Waals surface area contributed by atoms with Crippen molar-refractivity contribution in [1.29, 1.82) is 0 Å². The molecule has 4 heteroatoms. The van der Waals surface area contributed by atoms with Gasteiger partial charge in [0.15, 0.2) is 0 Å². The van der Waals surface area contributed by atoms with Crippen molar-refractivity contribution in [3.8, 4) is 0 Å². The second-order valence-electron chi connectivity index (χ2n) is 4.46. The molecule has 2 rings (SSSR count). The van der Waals surface area contributed by atoms with Crippen LogP contribution in [0, 0.1) is 0 Å². The van der Waals surface area contributed by atoms with Crippen LogP contribution in [0.5, 0.6) is 0 Å². The Bertz CT molecular complexity index is 222. The SMILES string of the molecule is C=CCC(NN)C1CN2CCCC2CO1. The van der Waals surface area contributed by atoms with Crippen molar-refractivity contribution >= 4 is 0 Å². The molecule has 2 aliphatic heterocycles. The Hall–Kier alpha value is -0.420. The first-order valence-corrected chi connectivity index (χ1v) is 5.78. The first kappa shape index (κ1) is 11.1. The molecule has 0 aromatic carbocycles. The largest absolute Gasteiger partial charge is 0.374 e. The summed E-state index contributed by atoms with van der Waals surface area (Å²) in [6.45, 7) is 6.83. The summed E-state index contributed by atoms with van der Waals surface area (Å²) in [6.07, 6.45) is 5.56. The standard InChI is InChI=1S/C11H21N3O/c1-2-4-10(13-12)11-7-14-6-3-5-9(14)8-15-11/h2,9-11,13H,1,3-8,12H2. The van der Waals surface area contributed by atoms with Crippen LogP contribution >= 0.6 is 0 Å². The van der Waals surface area contributed by atoms with E-state index in [0.29, 0.717) is 6.04 Å². The second-order valence-corrected chi connectivity index (χ2v) is 4.46. The summed E-state index contributed by atoms with van der Waals surface area (Å²) < 4.78 is 5.87. The summed E-state index contributed by atoms with van der Waals surface area (Å²) in [6, 6.07) is 0.854. The highest BCUT2D eigenvalue weighted by atomic mass is 16.5. The molecule has 0 aromatic heterocycles. The molecule has 0 aliphatic carbocycles. The quantitative estimate of drug-likeness (QED) is 0.398. The Morgan fingerprint density at radius 1 is 1.67 bits per heavy atom. The van der Waals surface area contributed by atoms with E-state index in [9.17, 15) is 0 Å². The van der Waals surface area contributed by atoms with Gasteiger partial charge in [0, 0.05) is 12.6 Å². The summed E-state index contributed by atoms with van der Waals surface area (Å²) in [5.74, 6) is 5.53. The molecular formula is C11H21N3O. The van der Waals surface area contributed by atoms with Crippen molar-refractivity contribution in [2.45, 2.75) is 37.5 Å². The summed E-state index contributed by atoms with van der Waals surface area (Å²) >= 11 is 0. The lowest BCUT2D eigenvalue weighted by atomic mass is 10.1. The van der Waals surface area contributed by atoms with Gasteiger partial charge in [-0.15, -0.1) is 6.58 Å². The predicted octanol–water partition coefficient (Wildman–Crippen LogP) is 0.258. The van der Waals surface area contributed by atoms with Gasteiger partial charge in [-0.1, -0.05) is 6.08 Å². The van der Waals surface area contributed by atoms with E-state index >= 15 is 0 Å². The molecule has 2 heterocycles. The van der Waals surface area contributed by atoms with Gasteiger partial charge >= 0.3 is 0 Å². The molecule has 3 N–H and O–H groups in total. The van der Waals surface area contributed by atoms with Crippen molar-refractivity contribution in [1.82, 2.24) is 10.3 Å². The van der Waals surface area contributed by atoms with Gasteiger partial charge in [-0.05, 0) is 25.8 Å². The number of nitrogens with one attached hydrogen (secondary N) is 1. The van der Waals surface area contributed by atoms with Gasteiger partial charge in [-0.2, -0.15) is 0 Å². The zero-order valence-corrected chi connectivity index (χ0v) is 9.19. The maximum Gasteiger partial charge on any atom is 0.0871 e. The Morgan fingerprint density at radius 3 is 3.27 bits per heavy atom. The van der Waals surface area contributed by atoms with Gasteiger partial charge in [0.25, 0.3) is 0 Å². The van der Waals surface area contributed by atoms with Crippen LogP contribution in [0.25, 0.3) is 0 Å². The van der Waals surface area contributed by atoms with E-state index < -0.39 is 0 Å². The van der Waals surface area contributed by atoms with E-state index in [1.165, 1.54) is 19.4 Å². The molecule has 4 nitrogen and oxygen atoms in total. The van der Waals surface area contributed by atoms with E-state index in [1.807, 2.05) is 6.08 Å². The smallest absolute Gasteiger partial charge is 0.0871 e. The molecule has 0 spiro atoms. The van der Waals surface area contributed by atoms with E-state index in [2.05, 4.69) is 16.9 Å². The minimum Gasteiger partial charge on any atom is -0.374 e. The van der Waals surface area contributed by atoms with E-state index in [4.69, 9.17) is 10.6 Å². The van der Waals surface area contributed by atoms with Crippen molar-refractivity contribution in [3.63, 3.8) is 0 Å². The van der Waals surface area contributed by atoms with E-state index in [1.54, 1.807) is 0 Å². The molecular weight excluding hydrogens is 190 g/mol. The molecule has 2 saturated heterocycles. The number of hydrogen-bond donors (Lipinski definition) is 2. The fourth-order valence-electron chi connectivity index (χ4n) is 2.59. The van der Waals surface area contributed by atoms with Crippen LogP contribution in [-0.2, 0) is 4.74 Å². The third-order valence-electron chi connectivity index (χ3n) is 3.50. The fraction of sp³-hybridized carbons (Fsp3) is 0.818. The number of ether oxygens (including phenoxy) is 1. The number of rotatable bonds is 4. The lowest BCUT2D eigenvalue weighted by molar-refractivity contribution is -0.0640. The van der Waals surface area contributed by atoms with Gasteiger partial charge in [-0.3, -0.25) is 16.2 Å². The van der Waals surface area contributed by atoms with Crippen LogP contribution < -0.4 is 11.3 Å². The number of fused-ring (bicyclic) bond motifs is 1. The number of nitrogens with two attached hydrogens (primary N) is 1. The lowest BCUT2D eigenvalue weighted by Crippen LogP contribution is -2.55. The monoisotopic (exact) mass is 211 g/mol. The van der Waals surface area contributed by atoms with Gasteiger partial charge in [0.1, 0.15) is 0 Å². The molecule has 0 saturated carbocycles. The predicted molar refractivity (Wildman–Crippen MR) is 60.3 cm³/mol. The van der Waals surface area contributed by atoms with E-state index in [0.717, 1.165) is 19.6 Å². The van der Waals surface area contributed by atoms with Crippen molar-refractivity contribution in [3.05, 3.63) is 12.7 Å². The van der Waals surface area contributed by atoms with Gasteiger partial charge in [-0.25, -0.2) is 0 Å².